The molecule has 0 aliphatic carbocycles. The third kappa shape index (κ3) is 4.63. The van der Waals surface area contributed by atoms with Crippen molar-refractivity contribution in [2.75, 3.05) is 13.7 Å². The highest BCUT2D eigenvalue weighted by Crippen LogP contribution is 2.43. The van der Waals surface area contributed by atoms with Crippen molar-refractivity contribution in [3.63, 3.8) is 0 Å². The Morgan fingerprint density at radius 2 is 1.94 bits per heavy atom. The van der Waals surface area contributed by atoms with Gasteiger partial charge in [0.15, 0.2) is 0 Å². The minimum Gasteiger partial charge on any atom is -0.468 e. The number of halogens is 2. The SMILES string of the molecule is COC(=O)C1C(C)=NC(C)=C(C(=O)OCCc2cc(C)[nH]c2C)C1c1c(F)cccc1Cl. The molecule has 2 heterocycles. The van der Waals surface area contributed by atoms with Gasteiger partial charge >= 0.3 is 11.9 Å². The first-order chi connectivity index (χ1) is 15.1. The first-order valence-electron chi connectivity index (χ1n) is 10.3. The summed E-state index contributed by atoms with van der Waals surface area (Å²) in [6.07, 6.45) is 0.516. The standard InChI is InChI=1S/C24H26ClFN2O4/c1-12-11-16(13(2)27-12)9-10-32-24(30)20-15(4)28-14(3)19(23(29)31-5)22(20)21-17(25)7-6-8-18(21)26/h6-8,11,19,22,27H,9-10H2,1-5H3. The second kappa shape index (κ2) is 9.69. The molecule has 1 aliphatic heterocycles. The van der Waals surface area contributed by atoms with E-state index >= 15 is 0 Å². The fourth-order valence-electron chi connectivity index (χ4n) is 4.23. The Morgan fingerprint density at radius 1 is 1.22 bits per heavy atom. The number of rotatable bonds is 6. The van der Waals surface area contributed by atoms with Gasteiger partial charge in [-0.3, -0.25) is 9.79 Å². The van der Waals surface area contributed by atoms with Gasteiger partial charge in [-0.15, -0.1) is 0 Å². The van der Waals surface area contributed by atoms with Gasteiger partial charge in [0.05, 0.1) is 19.3 Å². The minimum atomic E-state index is -1.02. The van der Waals surface area contributed by atoms with Crippen LogP contribution < -0.4 is 0 Å². The molecule has 0 saturated heterocycles. The van der Waals surface area contributed by atoms with E-state index in [0.29, 0.717) is 17.8 Å². The number of hydrogen-bond acceptors (Lipinski definition) is 5. The monoisotopic (exact) mass is 460 g/mol. The Hall–Kier alpha value is -2.93. The molecule has 2 unspecified atom stereocenters. The van der Waals surface area contributed by atoms with E-state index in [1.54, 1.807) is 13.8 Å². The van der Waals surface area contributed by atoms with Crippen LogP contribution >= 0.6 is 11.6 Å². The first-order valence-corrected chi connectivity index (χ1v) is 10.6. The van der Waals surface area contributed by atoms with Crippen LogP contribution in [0.4, 0.5) is 4.39 Å². The van der Waals surface area contributed by atoms with E-state index in [0.717, 1.165) is 17.0 Å². The summed E-state index contributed by atoms with van der Waals surface area (Å²) in [4.78, 5) is 33.4. The van der Waals surface area contributed by atoms with Crippen LogP contribution in [0, 0.1) is 25.6 Å². The highest BCUT2D eigenvalue weighted by atomic mass is 35.5. The van der Waals surface area contributed by atoms with Crippen LogP contribution in [0.2, 0.25) is 5.02 Å². The lowest BCUT2D eigenvalue weighted by atomic mass is 9.75. The lowest BCUT2D eigenvalue weighted by Crippen LogP contribution is -2.36. The fourth-order valence-corrected chi connectivity index (χ4v) is 4.51. The van der Waals surface area contributed by atoms with Crippen LogP contribution in [-0.4, -0.2) is 36.4 Å². The van der Waals surface area contributed by atoms with Crippen molar-refractivity contribution < 1.29 is 23.5 Å². The Balaban J connectivity index is 1.97. The van der Waals surface area contributed by atoms with E-state index in [9.17, 15) is 14.0 Å². The van der Waals surface area contributed by atoms with Crippen molar-refractivity contribution in [2.24, 2.45) is 10.9 Å². The third-order valence-electron chi connectivity index (χ3n) is 5.68. The number of aliphatic imine (C=N–C) groups is 1. The molecule has 0 amide bonds. The lowest BCUT2D eigenvalue weighted by molar-refractivity contribution is -0.144. The maximum atomic E-state index is 14.9. The zero-order chi connectivity index (χ0) is 23.6. The van der Waals surface area contributed by atoms with Gasteiger partial charge in [0.2, 0.25) is 0 Å². The highest BCUT2D eigenvalue weighted by molar-refractivity contribution is 6.31. The number of aromatic nitrogens is 1. The predicted molar refractivity (Wildman–Crippen MR) is 120 cm³/mol. The number of esters is 2. The summed E-state index contributed by atoms with van der Waals surface area (Å²) in [5.74, 6) is -3.94. The molecule has 1 N–H and O–H groups in total. The number of H-pyrrole nitrogens is 1. The predicted octanol–water partition coefficient (Wildman–Crippen LogP) is 4.83. The number of carbonyl (C=O) groups excluding carboxylic acids is 2. The summed E-state index contributed by atoms with van der Waals surface area (Å²) in [7, 11) is 1.24. The molecule has 0 saturated carbocycles. The second-order valence-electron chi connectivity index (χ2n) is 7.85. The maximum Gasteiger partial charge on any atom is 0.336 e. The molecule has 3 rings (SSSR count). The molecule has 1 aliphatic rings. The summed E-state index contributed by atoms with van der Waals surface area (Å²) in [5, 5.41) is 0.107. The average Bonchev–Trinajstić information content (AvgIpc) is 3.04. The average molecular weight is 461 g/mol. The molecule has 2 aromatic rings. The van der Waals surface area contributed by atoms with Gasteiger partial charge in [0, 0.05) is 45.7 Å². The topological polar surface area (TPSA) is 80.8 Å². The number of carbonyl (C=O) groups is 2. The van der Waals surface area contributed by atoms with Gasteiger partial charge in [-0.25, -0.2) is 9.18 Å². The van der Waals surface area contributed by atoms with E-state index in [4.69, 9.17) is 21.1 Å². The molecule has 0 radical (unpaired) electrons. The third-order valence-corrected chi connectivity index (χ3v) is 6.01. The zero-order valence-electron chi connectivity index (χ0n) is 18.7. The summed E-state index contributed by atoms with van der Waals surface area (Å²) in [6.45, 7) is 7.30. The lowest BCUT2D eigenvalue weighted by Gasteiger charge is -2.32. The van der Waals surface area contributed by atoms with Crippen molar-refractivity contribution in [2.45, 2.75) is 40.0 Å². The minimum absolute atomic E-state index is 0.0437. The van der Waals surface area contributed by atoms with Crippen LogP contribution in [0.1, 0.15) is 42.3 Å². The summed E-state index contributed by atoms with van der Waals surface area (Å²) in [6, 6.07) is 6.22. The Bertz CT molecular complexity index is 1100. The van der Waals surface area contributed by atoms with Crippen LogP contribution in [0.3, 0.4) is 0 Å². The normalized spacial score (nSPS) is 18.4. The quantitative estimate of drug-likeness (QED) is 0.626. The van der Waals surface area contributed by atoms with E-state index in [1.165, 1.54) is 25.3 Å². The van der Waals surface area contributed by atoms with Gasteiger partial charge in [-0.1, -0.05) is 17.7 Å². The van der Waals surface area contributed by atoms with Crippen molar-refractivity contribution in [1.82, 2.24) is 4.98 Å². The van der Waals surface area contributed by atoms with Crippen molar-refractivity contribution >= 4 is 29.3 Å². The van der Waals surface area contributed by atoms with Gasteiger partial charge in [0.25, 0.3) is 0 Å². The zero-order valence-corrected chi connectivity index (χ0v) is 19.5. The van der Waals surface area contributed by atoms with Crippen LogP contribution in [0.25, 0.3) is 0 Å². The van der Waals surface area contributed by atoms with Crippen molar-refractivity contribution in [3.05, 3.63) is 68.9 Å². The van der Waals surface area contributed by atoms with Crippen LogP contribution in [0.5, 0.6) is 0 Å². The number of aromatic amines is 1. The van der Waals surface area contributed by atoms with Gasteiger partial charge in [-0.2, -0.15) is 0 Å². The molecule has 8 heteroatoms. The number of ether oxygens (including phenoxy) is 2. The molecule has 0 spiro atoms. The molecule has 170 valence electrons. The summed E-state index contributed by atoms with van der Waals surface area (Å²) in [5.41, 5.74) is 3.98. The summed E-state index contributed by atoms with van der Waals surface area (Å²) >= 11 is 6.34. The van der Waals surface area contributed by atoms with Gasteiger partial charge in [0.1, 0.15) is 11.7 Å². The summed E-state index contributed by atoms with van der Waals surface area (Å²) < 4.78 is 25.4. The van der Waals surface area contributed by atoms with E-state index in [2.05, 4.69) is 9.98 Å². The second-order valence-corrected chi connectivity index (χ2v) is 8.26. The molecule has 0 fully saturated rings. The fraction of sp³-hybridized carbons (Fsp3) is 0.375. The van der Waals surface area contributed by atoms with Crippen molar-refractivity contribution in [1.29, 1.82) is 0 Å². The number of methoxy groups -OCH3 is 1. The number of allylic oxidation sites excluding steroid dienone is 1. The highest BCUT2D eigenvalue weighted by Gasteiger charge is 2.44. The maximum absolute atomic E-state index is 14.9. The largest absolute Gasteiger partial charge is 0.468 e. The smallest absolute Gasteiger partial charge is 0.336 e. The Labute approximate surface area is 191 Å². The number of aryl methyl sites for hydroxylation is 2. The Kier molecular flexibility index (Phi) is 7.19. The van der Waals surface area contributed by atoms with Crippen LogP contribution in [0.15, 0.2) is 40.5 Å². The number of nitrogens with one attached hydrogen (secondary N) is 1. The molecule has 1 aromatic heterocycles. The van der Waals surface area contributed by atoms with Gasteiger partial charge < -0.3 is 14.5 Å². The Morgan fingerprint density at radius 3 is 2.53 bits per heavy atom. The molecular weight excluding hydrogens is 435 g/mol. The molecular formula is C24H26ClFN2O4. The number of hydrogen-bond donors (Lipinski definition) is 1. The first kappa shape index (κ1) is 23.7. The van der Waals surface area contributed by atoms with Gasteiger partial charge in [-0.05, 0) is 51.5 Å². The molecule has 0 bridgehead atoms. The van der Waals surface area contributed by atoms with E-state index in [1.807, 2.05) is 19.9 Å². The molecule has 6 nitrogen and oxygen atoms in total. The number of benzene rings is 1. The van der Waals surface area contributed by atoms with Crippen LogP contribution in [-0.2, 0) is 25.5 Å². The van der Waals surface area contributed by atoms with E-state index < -0.39 is 29.6 Å². The molecule has 1 aromatic carbocycles. The van der Waals surface area contributed by atoms with E-state index in [-0.39, 0.29) is 22.8 Å². The molecule has 2 atom stereocenters. The van der Waals surface area contributed by atoms with Crippen molar-refractivity contribution in [3.8, 4) is 0 Å². The molecule has 32 heavy (non-hydrogen) atoms. The number of nitrogens with zero attached hydrogens (tertiary/aromatic N) is 1.